The third-order valence-corrected chi connectivity index (χ3v) is 3.32. The van der Waals surface area contributed by atoms with Crippen molar-refractivity contribution in [1.82, 2.24) is 5.32 Å². The number of halogens is 5. The Balaban J connectivity index is 1.93. The number of benzene rings is 1. The number of hydrogen-bond donors (Lipinski definition) is 2. The summed E-state index contributed by atoms with van der Waals surface area (Å²) in [4.78, 5) is 11.8. The molecule has 1 fully saturated rings. The van der Waals surface area contributed by atoms with Gasteiger partial charge >= 0.3 is 6.18 Å². The Morgan fingerprint density at radius 3 is 2.24 bits per heavy atom. The highest BCUT2D eigenvalue weighted by molar-refractivity contribution is 5.94. The van der Waals surface area contributed by atoms with Crippen molar-refractivity contribution in [3.05, 3.63) is 29.8 Å². The molecule has 1 aromatic carbocycles. The molecule has 0 spiro atoms. The van der Waals surface area contributed by atoms with E-state index in [4.69, 9.17) is 0 Å². The fourth-order valence-electron chi connectivity index (χ4n) is 2.22. The maximum Gasteiger partial charge on any atom is 0.393 e. The minimum atomic E-state index is -4.29. The number of alkyl halides is 3. The number of hydrogen-bond acceptors (Lipinski definition) is 2. The lowest BCUT2D eigenvalue weighted by Gasteiger charge is -2.30. The molecule has 3 nitrogen and oxygen atoms in total. The Bertz CT molecular complexity index is 504. The summed E-state index contributed by atoms with van der Waals surface area (Å²) in [6.45, 7) is -0.348. The molecule has 0 bridgehead atoms. The van der Waals surface area contributed by atoms with E-state index in [1.54, 1.807) is 0 Å². The molecule has 2 rings (SSSR count). The molecule has 0 radical (unpaired) electrons. The van der Waals surface area contributed by atoms with Gasteiger partial charge in [0.05, 0.1) is 12.0 Å². The highest BCUT2D eigenvalue weighted by Gasteiger charge is 2.42. The number of carbonyl (C=O) groups is 1. The molecule has 1 aliphatic heterocycles. The van der Waals surface area contributed by atoms with Crippen molar-refractivity contribution in [2.45, 2.75) is 25.1 Å². The van der Waals surface area contributed by atoms with Gasteiger partial charge in [-0.25, -0.2) is 8.78 Å². The lowest BCUT2D eigenvalue weighted by molar-refractivity contribution is -0.180. The first-order chi connectivity index (χ1) is 9.75. The monoisotopic (exact) mass is 308 g/mol. The van der Waals surface area contributed by atoms with Gasteiger partial charge in [-0.1, -0.05) is 0 Å². The highest BCUT2D eigenvalue weighted by atomic mass is 19.4. The summed E-state index contributed by atoms with van der Waals surface area (Å²) in [5.74, 6) is -3.79. The van der Waals surface area contributed by atoms with Gasteiger partial charge in [-0.3, -0.25) is 4.79 Å². The van der Waals surface area contributed by atoms with Crippen LogP contribution in [0.25, 0.3) is 0 Å². The lowest BCUT2D eigenvalue weighted by Crippen LogP contribution is -2.49. The average Bonchev–Trinajstić information content (AvgIpc) is 2.36. The van der Waals surface area contributed by atoms with E-state index in [-0.39, 0.29) is 25.1 Å². The van der Waals surface area contributed by atoms with Gasteiger partial charge in [-0.15, -0.1) is 0 Å². The van der Waals surface area contributed by atoms with Crippen molar-refractivity contribution in [2.24, 2.45) is 5.92 Å². The molecule has 21 heavy (non-hydrogen) atoms. The van der Waals surface area contributed by atoms with Crippen LogP contribution in [0.2, 0.25) is 0 Å². The van der Waals surface area contributed by atoms with Crippen molar-refractivity contribution >= 4 is 11.6 Å². The van der Waals surface area contributed by atoms with Crippen LogP contribution in [0.4, 0.5) is 27.6 Å². The van der Waals surface area contributed by atoms with Crippen LogP contribution >= 0.6 is 0 Å². The normalized spacial score (nSPS) is 22.9. The maximum absolute atomic E-state index is 13.0. The Morgan fingerprint density at radius 2 is 1.76 bits per heavy atom. The van der Waals surface area contributed by atoms with E-state index in [1.807, 2.05) is 0 Å². The van der Waals surface area contributed by atoms with E-state index in [0.29, 0.717) is 6.07 Å². The predicted molar refractivity (Wildman–Crippen MR) is 65.6 cm³/mol. The second kappa shape index (κ2) is 5.97. The molecule has 2 N–H and O–H groups in total. The zero-order valence-electron chi connectivity index (χ0n) is 10.8. The average molecular weight is 308 g/mol. The predicted octanol–water partition coefficient (Wildman–Crippen LogP) is 2.83. The molecule has 2 atom stereocenters. The van der Waals surface area contributed by atoms with Crippen LogP contribution in [0, 0.1) is 17.6 Å². The molecule has 1 aliphatic rings. The molecule has 0 saturated carbocycles. The van der Waals surface area contributed by atoms with E-state index >= 15 is 0 Å². The van der Waals surface area contributed by atoms with Crippen molar-refractivity contribution in [3.8, 4) is 0 Å². The number of anilines is 1. The van der Waals surface area contributed by atoms with Crippen LogP contribution in [-0.4, -0.2) is 24.7 Å². The van der Waals surface area contributed by atoms with Gasteiger partial charge < -0.3 is 10.6 Å². The van der Waals surface area contributed by atoms with Gasteiger partial charge in [0.1, 0.15) is 11.6 Å². The third kappa shape index (κ3) is 4.13. The molecule has 116 valence electrons. The standard InChI is InChI=1S/C13H13F5N2O/c14-8-3-9(15)5-10(4-8)20-12(21)11-2-1-7(6-19-11)13(16,17)18/h3-5,7,11,19H,1-2,6H2,(H,20,21). The van der Waals surface area contributed by atoms with E-state index in [1.165, 1.54) is 0 Å². The summed E-state index contributed by atoms with van der Waals surface area (Å²) >= 11 is 0. The van der Waals surface area contributed by atoms with E-state index in [9.17, 15) is 26.7 Å². The van der Waals surface area contributed by atoms with E-state index in [0.717, 1.165) is 12.1 Å². The van der Waals surface area contributed by atoms with Gasteiger partial charge in [0, 0.05) is 18.3 Å². The van der Waals surface area contributed by atoms with E-state index < -0.39 is 35.7 Å². The van der Waals surface area contributed by atoms with Crippen molar-refractivity contribution < 1.29 is 26.7 Å². The van der Waals surface area contributed by atoms with Gasteiger partial charge in [-0.05, 0) is 25.0 Å². The fraction of sp³-hybridized carbons (Fsp3) is 0.462. The molecule has 8 heteroatoms. The fourth-order valence-corrected chi connectivity index (χ4v) is 2.22. The first-order valence-electron chi connectivity index (χ1n) is 6.33. The molecule has 1 saturated heterocycles. The number of amides is 1. The summed E-state index contributed by atoms with van der Waals surface area (Å²) in [6, 6.07) is 1.71. The zero-order valence-corrected chi connectivity index (χ0v) is 10.8. The molecular formula is C13H13F5N2O. The van der Waals surface area contributed by atoms with Crippen LogP contribution < -0.4 is 10.6 Å². The third-order valence-electron chi connectivity index (χ3n) is 3.32. The van der Waals surface area contributed by atoms with Crippen molar-refractivity contribution in [2.75, 3.05) is 11.9 Å². The molecule has 2 unspecified atom stereocenters. The Kier molecular flexibility index (Phi) is 4.46. The van der Waals surface area contributed by atoms with Crippen LogP contribution in [0.3, 0.4) is 0 Å². The van der Waals surface area contributed by atoms with Gasteiger partial charge in [0.25, 0.3) is 0 Å². The lowest BCUT2D eigenvalue weighted by atomic mass is 9.94. The summed E-state index contributed by atoms with van der Waals surface area (Å²) in [6.07, 6.45) is -4.44. The van der Waals surface area contributed by atoms with Crippen molar-refractivity contribution in [1.29, 1.82) is 0 Å². The van der Waals surface area contributed by atoms with Gasteiger partial charge in [0.15, 0.2) is 0 Å². The molecular weight excluding hydrogens is 295 g/mol. The molecule has 0 aromatic heterocycles. The second-order valence-electron chi connectivity index (χ2n) is 4.92. The molecule has 0 aliphatic carbocycles. The highest BCUT2D eigenvalue weighted by Crippen LogP contribution is 2.32. The van der Waals surface area contributed by atoms with Gasteiger partial charge in [-0.2, -0.15) is 13.2 Å². The minimum Gasteiger partial charge on any atom is -0.325 e. The van der Waals surface area contributed by atoms with Gasteiger partial charge in [0.2, 0.25) is 5.91 Å². The number of nitrogens with one attached hydrogen (secondary N) is 2. The Hall–Kier alpha value is -1.70. The molecule has 1 aromatic rings. The largest absolute Gasteiger partial charge is 0.393 e. The van der Waals surface area contributed by atoms with Crippen LogP contribution in [0.1, 0.15) is 12.8 Å². The smallest absolute Gasteiger partial charge is 0.325 e. The molecule has 1 amide bonds. The Morgan fingerprint density at radius 1 is 1.14 bits per heavy atom. The Labute approximate surface area is 117 Å². The zero-order chi connectivity index (χ0) is 15.6. The van der Waals surface area contributed by atoms with Crippen LogP contribution in [0.5, 0.6) is 0 Å². The first kappa shape index (κ1) is 15.7. The van der Waals surface area contributed by atoms with E-state index in [2.05, 4.69) is 10.6 Å². The minimum absolute atomic E-state index is 0.00775. The SMILES string of the molecule is O=C(Nc1cc(F)cc(F)c1)C1CCC(C(F)(F)F)CN1. The summed E-state index contributed by atoms with van der Waals surface area (Å²) in [5.41, 5.74) is -0.0720. The van der Waals surface area contributed by atoms with Crippen molar-refractivity contribution in [3.63, 3.8) is 0 Å². The number of rotatable bonds is 2. The number of piperidine rings is 1. The van der Waals surface area contributed by atoms with Crippen LogP contribution in [-0.2, 0) is 4.79 Å². The summed E-state index contributed by atoms with van der Waals surface area (Å²) in [7, 11) is 0. The summed E-state index contributed by atoms with van der Waals surface area (Å²) < 4.78 is 63.4. The summed E-state index contributed by atoms with van der Waals surface area (Å²) in [5, 5.41) is 4.79. The van der Waals surface area contributed by atoms with Crippen LogP contribution in [0.15, 0.2) is 18.2 Å². The number of carbonyl (C=O) groups excluding carboxylic acids is 1. The second-order valence-corrected chi connectivity index (χ2v) is 4.92. The quantitative estimate of drug-likeness (QED) is 0.825. The first-order valence-corrected chi connectivity index (χ1v) is 6.33. The molecule has 1 heterocycles. The topological polar surface area (TPSA) is 41.1 Å². The maximum atomic E-state index is 13.0.